The summed E-state index contributed by atoms with van der Waals surface area (Å²) in [6.45, 7) is 3.90. The maximum absolute atomic E-state index is 12.1. The average molecular weight is 643 g/mol. The summed E-state index contributed by atoms with van der Waals surface area (Å²) in [4.78, 5) is 0. The van der Waals surface area contributed by atoms with Gasteiger partial charge in [-0.2, -0.15) is 0 Å². The van der Waals surface area contributed by atoms with Gasteiger partial charge in [0, 0.05) is 0 Å². The molecule has 0 amide bonds. The Morgan fingerprint density at radius 1 is 0.364 bits per heavy atom. The Morgan fingerprint density at radius 2 is 0.568 bits per heavy atom. The van der Waals surface area contributed by atoms with Gasteiger partial charge < -0.3 is 5.11 Å². The maximum Gasteiger partial charge on any atom is 0.155 e. The van der Waals surface area contributed by atoms with Crippen molar-refractivity contribution >= 4 is 9.84 Å². The van der Waals surface area contributed by atoms with Gasteiger partial charge in [-0.1, -0.05) is 226 Å². The first kappa shape index (κ1) is 43.9. The molecule has 0 aliphatic carbocycles. The summed E-state index contributed by atoms with van der Waals surface area (Å²) in [7, 11) is -3.11. The Bertz CT molecular complexity index is 629. The smallest absolute Gasteiger partial charge is 0.155 e. The van der Waals surface area contributed by atoms with E-state index in [1.54, 1.807) is 0 Å². The van der Waals surface area contributed by atoms with Crippen LogP contribution in [0.15, 0.2) is 0 Å². The first-order valence-corrected chi connectivity index (χ1v) is 22.1. The maximum atomic E-state index is 12.1. The number of hydrogen-bond donors (Lipinski definition) is 1. The summed E-state index contributed by atoms with van der Waals surface area (Å²) in [5, 5.41) is 8.65. The van der Waals surface area contributed by atoms with E-state index in [0.29, 0.717) is 6.42 Å². The van der Waals surface area contributed by atoms with E-state index >= 15 is 0 Å². The van der Waals surface area contributed by atoms with Gasteiger partial charge in [0.2, 0.25) is 0 Å². The molecule has 4 heteroatoms. The predicted octanol–water partition coefficient (Wildman–Crippen LogP) is 13.5. The molecular formula is C40H82O3S. The van der Waals surface area contributed by atoms with Crippen molar-refractivity contribution in [1.82, 2.24) is 0 Å². The molecule has 1 N–H and O–H groups in total. The van der Waals surface area contributed by atoms with Gasteiger partial charge >= 0.3 is 0 Å². The second-order valence-electron chi connectivity index (χ2n) is 14.2. The third-order valence-corrected chi connectivity index (χ3v) is 12.3. The lowest BCUT2D eigenvalue weighted by atomic mass is 10.0. The monoisotopic (exact) mass is 643 g/mol. The van der Waals surface area contributed by atoms with Crippen molar-refractivity contribution in [3.63, 3.8) is 0 Å². The highest BCUT2D eigenvalue weighted by molar-refractivity contribution is 7.92. The van der Waals surface area contributed by atoms with Crippen LogP contribution >= 0.6 is 0 Å². The highest BCUT2D eigenvalue weighted by atomic mass is 32.2. The van der Waals surface area contributed by atoms with Gasteiger partial charge in [0.05, 0.1) is 17.6 Å². The Hall–Kier alpha value is -0.0900. The molecule has 266 valence electrons. The lowest BCUT2D eigenvalue weighted by Crippen LogP contribution is -2.26. The molecule has 0 heterocycles. The molecule has 0 aliphatic rings. The van der Waals surface area contributed by atoms with Crippen LogP contribution in [0.3, 0.4) is 0 Å². The van der Waals surface area contributed by atoms with Crippen LogP contribution < -0.4 is 0 Å². The molecule has 0 bridgehead atoms. The van der Waals surface area contributed by atoms with E-state index in [9.17, 15) is 13.5 Å². The van der Waals surface area contributed by atoms with E-state index < -0.39 is 15.1 Å². The van der Waals surface area contributed by atoms with Crippen molar-refractivity contribution in [2.75, 3.05) is 12.4 Å². The number of aliphatic hydroxyl groups is 1. The number of sulfone groups is 1. The molecule has 0 saturated heterocycles. The quantitative estimate of drug-likeness (QED) is 0.0682. The van der Waals surface area contributed by atoms with E-state index in [0.717, 1.165) is 19.3 Å². The van der Waals surface area contributed by atoms with Gasteiger partial charge in [0.25, 0.3) is 0 Å². The molecule has 0 aromatic heterocycles. The number of aliphatic hydroxyl groups excluding tert-OH is 1. The van der Waals surface area contributed by atoms with Crippen molar-refractivity contribution < 1.29 is 13.5 Å². The molecule has 44 heavy (non-hydrogen) atoms. The molecule has 0 aromatic carbocycles. The van der Waals surface area contributed by atoms with Crippen molar-refractivity contribution in [3.8, 4) is 0 Å². The zero-order valence-electron chi connectivity index (χ0n) is 30.4. The molecule has 0 aromatic rings. The van der Waals surface area contributed by atoms with E-state index in [1.165, 1.54) is 199 Å². The molecule has 0 saturated carbocycles. The van der Waals surface area contributed by atoms with E-state index in [4.69, 9.17) is 0 Å². The lowest BCUT2D eigenvalue weighted by molar-refractivity contribution is 0.287. The van der Waals surface area contributed by atoms with Crippen LogP contribution in [0.25, 0.3) is 0 Å². The fourth-order valence-electron chi connectivity index (χ4n) is 6.70. The van der Waals surface area contributed by atoms with Crippen LogP contribution in [-0.2, 0) is 9.84 Å². The van der Waals surface area contributed by atoms with Crippen molar-refractivity contribution in [3.05, 3.63) is 0 Å². The lowest BCUT2D eigenvalue weighted by Gasteiger charge is -2.12. The molecule has 1 unspecified atom stereocenters. The fourth-order valence-corrected chi connectivity index (χ4v) is 8.37. The van der Waals surface area contributed by atoms with Crippen LogP contribution in [0.4, 0.5) is 0 Å². The molecule has 0 rings (SSSR count). The topological polar surface area (TPSA) is 54.4 Å². The van der Waals surface area contributed by atoms with Crippen molar-refractivity contribution in [2.45, 2.75) is 244 Å². The zero-order chi connectivity index (χ0) is 32.2. The zero-order valence-corrected chi connectivity index (χ0v) is 31.2. The average Bonchev–Trinajstić information content (AvgIpc) is 3.01. The number of rotatable bonds is 38. The van der Waals surface area contributed by atoms with Crippen LogP contribution in [0.2, 0.25) is 0 Å². The third kappa shape index (κ3) is 31.9. The van der Waals surface area contributed by atoms with Crippen LogP contribution in [0, 0.1) is 0 Å². The first-order chi connectivity index (χ1) is 21.6. The SMILES string of the molecule is CCCCCCCCCCCCCCCCCCCCCCCCCCCCCCCCCCCCS(=O)(=O)C(CC)CO. The molecule has 3 nitrogen and oxygen atoms in total. The van der Waals surface area contributed by atoms with Crippen LogP contribution in [0.1, 0.15) is 239 Å². The van der Waals surface area contributed by atoms with Crippen LogP contribution in [-0.4, -0.2) is 31.1 Å². The van der Waals surface area contributed by atoms with Crippen molar-refractivity contribution in [2.24, 2.45) is 0 Å². The number of hydrogen-bond acceptors (Lipinski definition) is 3. The molecule has 0 radical (unpaired) electrons. The Labute approximate surface area is 278 Å². The van der Waals surface area contributed by atoms with Gasteiger partial charge in [0.1, 0.15) is 0 Å². The van der Waals surface area contributed by atoms with Gasteiger partial charge in [-0.3, -0.25) is 0 Å². The molecule has 0 aliphatic heterocycles. The van der Waals surface area contributed by atoms with E-state index in [1.807, 2.05) is 6.92 Å². The van der Waals surface area contributed by atoms with Gasteiger partial charge in [-0.15, -0.1) is 0 Å². The summed E-state index contributed by atoms with van der Waals surface area (Å²) in [6.07, 6.45) is 47.9. The summed E-state index contributed by atoms with van der Waals surface area (Å²) in [5.74, 6) is 0.242. The summed E-state index contributed by atoms with van der Waals surface area (Å²) in [6, 6.07) is 0. The predicted molar refractivity (Wildman–Crippen MR) is 198 cm³/mol. The van der Waals surface area contributed by atoms with E-state index in [-0.39, 0.29) is 12.4 Å². The summed E-state index contributed by atoms with van der Waals surface area (Å²) < 4.78 is 24.2. The Morgan fingerprint density at radius 3 is 0.750 bits per heavy atom. The minimum absolute atomic E-state index is 0.238. The van der Waals surface area contributed by atoms with E-state index in [2.05, 4.69) is 6.92 Å². The highest BCUT2D eigenvalue weighted by Crippen LogP contribution is 2.17. The minimum Gasteiger partial charge on any atom is -0.395 e. The number of unbranched alkanes of at least 4 members (excludes halogenated alkanes) is 33. The minimum atomic E-state index is -3.11. The molecule has 1 atom stereocenters. The third-order valence-electron chi connectivity index (χ3n) is 9.95. The fraction of sp³-hybridized carbons (Fsp3) is 1.00. The Balaban J connectivity index is 3.14. The van der Waals surface area contributed by atoms with Crippen molar-refractivity contribution in [1.29, 1.82) is 0 Å². The van der Waals surface area contributed by atoms with Crippen LogP contribution in [0.5, 0.6) is 0 Å². The molecule has 0 fully saturated rings. The van der Waals surface area contributed by atoms with Gasteiger partial charge in [0.15, 0.2) is 9.84 Å². The normalized spacial score (nSPS) is 12.7. The summed E-state index contributed by atoms with van der Waals surface area (Å²) >= 11 is 0. The second kappa shape index (κ2) is 35.8. The van der Waals surface area contributed by atoms with Gasteiger partial charge in [-0.25, -0.2) is 8.42 Å². The molecule has 0 spiro atoms. The molecular weight excluding hydrogens is 561 g/mol. The second-order valence-corrected chi connectivity index (χ2v) is 16.6. The first-order valence-electron chi connectivity index (χ1n) is 20.4. The van der Waals surface area contributed by atoms with Gasteiger partial charge in [-0.05, 0) is 12.8 Å². The standard InChI is InChI=1S/C40H82O3S/c1-3-5-6-7-8-9-10-11-12-13-14-15-16-17-18-19-20-21-22-23-24-25-26-27-28-29-30-31-32-33-34-35-36-37-38-44(42,43)40(4-2)39-41/h40-41H,3-39H2,1-2H3. The largest absolute Gasteiger partial charge is 0.395 e. The Kier molecular flexibility index (Phi) is 35.7. The summed E-state index contributed by atoms with van der Waals surface area (Å²) in [5.41, 5.74) is 0. The highest BCUT2D eigenvalue weighted by Gasteiger charge is 2.22.